The van der Waals surface area contributed by atoms with E-state index in [0.717, 1.165) is 35.1 Å². The molecule has 5 heteroatoms. The Morgan fingerprint density at radius 3 is 2.62 bits per heavy atom. The molecule has 0 aliphatic rings. The van der Waals surface area contributed by atoms with E-state index in [1.807, 2.05) is 33.3 Å². The standard InChI is InChI=1S/C16H23N5/c1-11(2)14-19-15(17-4)12(3)16(20-14)21(5)10-13-7-6-8-18-9-13/h6-9,11H,10H2,1-5H3,(H,17,19,20). The van der Waals surface area contributed by atoms with E-state index in [4.69, 9.17) is 4.98 Å². The molecule has 2 aromatic heterocycles. The van der Waals surface area contributed by atoms with Gasteiger partial charge in [0, 0.05) is 44.5 Å². The van der Waals surface area contributed by atoms with Gasteiger partial charge < -0.3 is 10.2 Å². The van der Waals surface area contributed by atoms with Crippen LogP contribution in [0.3, 0.4) is 0 Å². The summed E-state index contributed by atoms with van der Waals surface area (Å²) in [5.74, 6) is 3.00. The lowest BCUT2D eigenvalue weighted by molar-refractivity contribution is 0.759. The van der Waals surface area contributed by atoms with Gasteiger partial charge in [-0.15, -0.1) is 0 Å². The normalized spacial score (nSPS) is 10.8. The summed E-state index contributed by atoms with van der Waals surface area (Å²) in [6, 6.07) is 4.02. The average Bonchev–Trinajstić information content (AvgIpc) is 2.48. The van der Waals surface area contributed by atoms with E-state index in [2.05, 4.69) is 40.1 Å². The highest BCUT2D eigenvalue weighted by Crippen LogP contribution is 2.25. The molecule has 0 atom stereocenters. The van der Waals surface area contributed by atoms with Crippen molar-refractivity contribution in [2.75, 3.05) is 24.3 Å². The zero-order valence-corrected chi connectivity index (χ0v) is 13.4. The summed E-state index contributed by atoms with van der Waals surface area (Å²) in [7, 11) is 3.94. The molecule has 2 heterocycles. The molecule has 0 aromatic carbocycles. The zero-order chi connectivity index (χ0) is 15.4. The summed E-state index contributed by atoms with van der Waals surface area (Å²) in [6.45, 7) is 7.03. The van der Waals surface area contributed by atoms with E-state index in [1.165, 1.54) is 0 Å². The second kappa shape index (κ2) is 6.52. The van der Waals surface area contributed by atoms with Crippen molar-refractivity contribution in [3.05, 3.63) is 41.5 Å². The maximum Gasteiger partial charge on any atom is 0.137 e. The molecule has 0 spiro atoms. The largest absolute Gasteiger partial charge is 0.373 e. The molecule has 2 aromatic rings. The topological polar surface area (TPSA) is 53.9 Å². The Morgan fingerprint density at radius 2 is 2.05 bits per heavy atom. The third-order valence-corrected chi connectivity index (χ3v) is 3.39. The smallest absolute Gasteiger partial charge is 0.137 e. The first kappa shape index (κ1) is 15.2. The predicted molar refractivity (Wildman–Crippen MR) is 86.7 cm³/mol. The molecule has 0 aliphatic heterocycles. The molecule has 0 amide bonds. The SMILES string of the molecule is CNc1nc(C(C)C)nc(N(C)Cc2cccnc2)c1C. The zero-order valence-electron chi connectivity index (χ0n) is 13.4. The van der Waals surface area contributed by atoms with E-state index in [1.54, 1.807) is 6.20 Å². The Bertz CT molecular complexity index is 595. The lowest BCUT2D eigenvalue weighted by atomic mass is 10.2. The fraction of sp³-hybridized carbons (Fsp3) is 0.438. The van der Waals surface area contributed by atoms with Gasteiger partial charge in [-0.1, -0.05) is 19.9 Å². The summed E-state index contributed by atoms with van der Waals surface area (Å²) in [5.41, 5.74) is 2.23. The molecule has 2 rings (SSSR count). The maximum atomic E-state index is 4.73. The number of hydrogen-bond acceptors (Lipinski definition) is 5. The number of pyridine rings is 1. The highest BCUT2D eigenvalue weighted by atomic mass is 15.2. The van der Waals surface area contributed by atoms with Crippen molar-refractivity contribution in [1.29, 1.82) is 0 Å². The summed E-state index contributed by atoms with van der Waals surface area (Å²) in [5, 5.41) is 3.16. The minimum absolute atomic E-state index is 0.295. The van der Waals surface area contributed by atoms with Crippen LogP contribution in [0.5, 0.6) is 0 Å². The second-order valence-corrected chi connectivity index (χ2v) is 5.50. The van der Waals surface area contributed by atoms with Gasteiger partial charge >= 0.3 is 0 Å². The molecule has 0 saturated heterocycles. The third kappa shape index (κ3) is 3.48. The number of aromatic nitrogens is 3. The molecule has 0 fully saturated rings. The van der Waals surface area contributed by atoms with Crippen LogP contribution in [0.25, 0.3) is 0 Å². The third-order valence-electron chi connectivity index (χ3n) is 3.39. The molecule has 0 unspecified atom stereocenters. The maximum absolute atomic E-state index is 4.73. The Balaban J connectivity index is 2.35. The minimum atomic E-state index is 0.295. The van der Waals surface area contributed by atoms with Crippen LogP contribution in [-0.2, 0) is 6.54 Å². The van der Waals surface area contributed by atoms with Crippen LogP contribution in [0.2, 0.25) is 0 Å². The Morgan fingerprint density at radius 1 is 1.29 bits per heavy atom. The van der Waals surface area contributed by atoms with Crippen molar-refractivity contribution in [2.45, 2.75) is 33.2 Å². The van der Waals surface area contributed by atoms with Gasteiger partial charge in [-0.2, -0.15) is 0 Å². The average molecular weight is 285 g/mol. The number of nitrogens with one attached hydrogen (secondary N) is 1. The first-order valence-corrected chi connectivity index (χ1v) is 7.19. The van der Waals surface area contributed by atoms with Crippen molar-refractivity contribution in [1.82, 2.24) is 15.0 Å². The molecule has 112 valence electrons. The van der Waals surface area contributed by atoms with Gasteiger partial charge in [-0.05, 0) is 18.6 Å². The van der Waals surface area contributed by atoms with Gasteiger partial charge in [0.25, 0.3) is 0 Å². The fourth-order valence-corrected chi connectivity index (χ4v) is 2.24. The molecule has 0 aliphatic carbocycles. The van der Waals surface area contributed by atoms with Gasteiger partial charge in [0.15, 0.2) is 0 Å². The molecule has 5 nitrogen and oxygen atoms in total. The van der Waals surface area contributed by atoms with Crippen LogP contribution in [0, 0.1) is 6.92 Å². The first-order chi connectivity index (χ1) is 10.0. The summed E-state index contributed by atoms with van der Waals surface area (Å²) < 4.78 is 0. The van der Waals surface area contributed by atoms with Crippen LogP contribution >= 0.6 is 0 Å². The summed E-state index contributed by atoms with van der Waals surface area (Å²) in [4.78, 5) is 15.6. The highest BCUT2D eigenvalue weighted by Gasteiger charge is 2.15. The van der Waals surface area contributed by atoms with Crippen molar-refractivity contribution in [3.63, 3.8) is 0 Å². The van der Waals surface area contributed by atoms with Crippen molar-refractivity contribution >= 4 is 11.6 Å². The second-order valence-electron chi connectivity index (χ2n) is 5.50. The van der Waals surface area contributed by atoms with Gasteiger partial charge in [-0.3, -0.25) is 4.98 Å². The number of hydrogen-bond donors (Lipinski definition) is 1. The molecule has 0 bridgehead atoms. The number of anilines is 2. The van der Waals surface area contributed by atoms with Gasteiger partial charge in [0.2, 0.25) is 0 Å². The molecule has 0 saturated carbocycles. The number of rotatable bonds is 5. The van der Waals surface area contributed by atoms with E-state index in [-0.39, 0.29) is 0 Å². The fourth-order valence-electron chi connectivity index (χ4n) is 2.24. The Hall–Kier alpha value is -2.17. The van der Waals surface area contributed by atoms with Crippen molar-refractivity contribution in [3.8, 4) is 0 Å². The van der Waals surface area contributed by atoms with Crippen LogP contribution < -0.4 is 10.2 Å². The quantitative estimate of drug-likeness (QED) is 0.915. The van der Waals surface area contributed by atoms with Crippen molar-refractivity contribution in [2.24, 2.45) is 0 Å². The molecular formula is C16H23N5. The van der Waals surface area contributed by atoms with Crippen molar-refractivity contribution < 1.29 is 0 Å². The molecular weight excluding hydrogens is 262 g/mol. The first-order valence-electron chi connectivity index (χ1n) is 7.19. The lowest BCUT2D eigenvalue weighted by Gasteiger charge is -2.22. The van der Waals surface area contributed by atoms with Gasteiger partial charge in [0.1, 0.15) is 17.5 Å². The van der Waals surface area contributed by atoms with E-state index in [0.29, 0.717) is 5.92 Å². The van der Waals surface area contributed by atoms with Crippen LogP contribution in [-0.4, -0.2) is 29.0 Å². The summed E-state index contributed by atoms with van der Waals surface area (Å²) >= 11 is 0. The Labute approximate surface area is 126 Å². The van der Waals surface area contributed by atoms with E-state index in [9.17, 15) is 0 Å². The minimum Gasteiger partial charge on any atom is -0.373 e. The van der Waals surface area contributed by atoms with Crippen LogP contribution in [0.15, 0.2) is 24.5 Å². The number of nitrogens with zero attached hydrogens (tertiary/aromatic N) is 4. The lowest BCUT2D eigenvalue weighted by Crippen LogP contribution is -2.21. The summed E-state index contributed by atoms with van der Waals surface area (Å²) in [6.07, 6.45) is 3.67. The highest BCUT2D eigenvalue weighted by molar-refractivity contribution is 5.58. The molecule has 1 N–H and O–H groups in total. The van der Waals surface area contributed by atoms with Crippen LogP contribution in [0.1, 0.15) is 36.7 Å². The van der Waals surface area contributed by atoms with Crippen LogP contribution in [0.4, 0.5) is 11.6 Å². The monoisotopic (exact) mass is 285 g/mol. The molecule has 0 radical (unpaired) electrons. The Kier molecular flexibility index (Phi) is 4.73. The molecule has 21 heavy (non-hydrogen) atoms. The van der Waals surface area contributed by atoms with Gasteiger partial charge in [0.05, 0.1) is 0 Å². The van der Waals surface area contributed by atoms with E-state index < -0.39 is 0 Å². The van der Waals surface area contributed by atoms with E-state index >= 15 is 0 Å². The van der Waals surface area contributed by atoms with Gasteiger partial charge in [-0.25, -0.2) is 9.97 Å². The predicted octanol–water partition coefficient (Wildman–Crippen LogP) is 2.98.